The maximum absolute atomic E-state index is 12.1. The average Bonchev–Trinajstić information content (AvgIpc) is 3.03. The van der Waals surface area contributed by atoms with Crippen molar-refractivity contribution in [2.45, 2.75) is 13.0 Å². The van der Waals surface area contributed by atoms with Gasteiger partial charge in [-0.2, -0.15) is 0 Å². The van der Waals surface area contributed by atoms with Crippen LogP contribution in [0.5, 0.6) is 0 Å². The van der Waals surface area contributed by atoms with E-state index in [0.717, 1.165) is 4.88 Å². The Balaban J connectivity index is 2.19. The molecule has 1 aromatic carbocycles. The number of carbonyl (C=O) groups is 1. The van der Waals surface area contributed by atoms with Crippen molar-refractivity contribution in [3.8, 4) is 0 Å². The van der Waals surface area contributed by atoms with Crippen molar-refractivity contribution < 1.29 is 9.90 Å². The second kappa shape index (κ2) is 4.64. The topological polar surface area (TPSA) is 75.1 Å². The average molecular weight is 288 g/mol. The Morgan fingerprint density at radius 1 is 1.40 bits per heavy atom. The number of aromatic nitrogens is 2. The van der Waals surface area contributed by atoms with Gasteiger partial charge in [0.15, 0.2) is 0 Å². The largest absolute Gasteiger partial charge is 0.478 e. The Bertz CT molecular complexity index is 830. The van der Waals surface area contributed by atoms with Crippen LogP contribution in [0.15, 0.2) is 40.5 Å². The summed E-state index contributed by atoms with van der Waals surface area (Å²) in [5, 5.41) is 10.9. The maximum atomic E-state index is 12.1. The van der Waals surface area contributed by atoms with E-state index in [9.17, 15) is 9.59 Å². The van der Waals surface area contributed by atoms with Crippen molar-refractivity contribution in [1.29, 1.82) is 0 Å². The molecule has 0 saturated carbocycles. The number of carboxylic acid groups (broad SMARTS) is 1. The van der Waals surface area contributed by atoms with E-state index >= 15 is 0 Å². The Hall–Kier alpha value is -2.34. The molecule has 0 aliphatic carbocycles. The minimum Gasteiger partial charge on any atom is -0.478 e. The van der Waals surface area contributed by atoms with Crippen LogP contribution in [0, 0.1) is 0 Å². The zero-order valence-corrected chi connectivity index (χ0v) is 11.5. The molecule has 0 saturated heterocycles. The normalized spacial score (nSPS) is 12.7. The molecule has 2 heterocycles. The molecule has 0 spiro atoms. The van der Waals surface area contributed by atoms with Crippen molar-refractivity contribution in [3.05, 3.63) is 56.6 Å². The van der Waals surface area contributed by atoms with E-state index in [4.69, 9.17) is 5.11 Å². The number of carboxylic acids is 1. The van der Waals surface area contributed by atoms with E-state index in [-0.39, 0.29) is 17.3 Å². The number of nitrogens with one attached hydrogen (secondary N) is 1. The van der Waals surface area contributed by atoms with E-state index in [2.05, 4.69) is 4.98 Å². The third-order valence-corrected chi connectivity index (χ3v) is 4.35. The van der Waals surface area contributed by atoms with Gasteiger partial charge in [0.2, 0.25) is 0 Å². The number of benzene rings is 1. The highest BCUT2D eigenvalue weighted by atomic mass is 32.1. The molecule has 20 heavy (non-hydrogen) atoms. The standard InChI is InChI=1S/C14H12N2O3S/c1-8(12-3-2-6-20-12)16-11-5-4-9(13(17)18)7-10(11)15-14(16)19/h2-8H,1H3,(H,15,19)(H,17,18). The first-order valence-electron chi connectivity index (χ1n) is 6.09. The summed E-state index contributed by atoms with van der Waals surface area (Å²) in [7, 11) is 0. The number of imidazole rings is 1. The summed E-state index contributed by atoms with van der Waals surface area (Å²) < 4.78 is 1.65. The molecule has 0 bridgehead atoms. The molecule has 0 aliphatic rings. The van der Waals surface area contributed by atoms with Crippen LogP contribution in [-0.2, 0) is 0 Å². The second-order valence-corrected chi connectivity index (χ2v) is 5.51. The van der Waals surface area contributed by atoms with Gasteiger partial charge < -0.3 is 10.1 Å². The SMILES string of the molecule is CC(c1cccs1)n1c(=O)[nH]c2cc(C(=O)O)ccc21. The van der Waals surface area contributed by atoms with Crippen LogP contribution in [0.1, 0.15) is 28.2 Å². The summed E-state index contributed by atoms with van der Waals surface area (Å²) in [5.74, 6) is -1.01. The van der Waals surface area contributed by atoms with Crippen molar-refractivity contribution in [3.63, 3.8) is 0 Å². The fraction of sp³-hybridized carbons (Fsp3) is 0.143. The number of nitrogens with zero attached hydrogens (tertiary/aromatic N) is 1. The molecule has 0 amide bonds. The van der Waals surface area contributed by atoms with Gasteiger partial charge in [0.05, 0.1) is 22.6 Å². The van der Waals surface area contributed by atoms with Gasteiger partial charge in [-0.15, -0.1) is 11.3 Å². The highest BCUT2D eigenvalue weighted by Crippen LogP contribution is 2.25. The molecule has 2 N–H and O–H groups in total. The van der Waals surface area contributed by atoms with Crippen molar-refractivity contribution in [2.75, 3.05) is 0 Å². The van der Waals surface area contributed by atoms with Gasteiger partial charge in [-0.3, -0.25) is 4.57 Å². The van der Waals surface area contributed by atoms with E-state index in [1.54, 1.807) is 22.0 Å². The number of hydrogen-bond donors (Lipinski definition) is 2. The highest BCUT2D eigenvalue weighted by molar-refractivity contribution is 7.10. The van der Waals surface area contributed by atoms with Gasteiger partial charge >= 0.3 is 11.7 Å². The predicted octanol–water partition coefficient (Wildman–Crippen LogP) is 2.70. The van der Waals surface area contributed by atoms with E-state index in [0.29, 0.717) is 11.0 Å². The molecule has 3 rings (SSSR count). The summed E-state index contributed by atoms with van der Waals surface area (Å²) >= 11 is 1.59. The number of thiophene rings is 1. The summed E-state index contributed by atoms with van der Waals surface area (Å²) in [5.41, 5.74) is 1.18. The Kier molecular flexibility index (Phi) is 2.94. The lowest BCUT2D eigenvalue weighted by Crippen LogP contribution is -2.20. The van der Waals surface area contributed by atoms with Gasteiger partial charge in [-0.25, -0.2) is 9.59 Å². The Morgan fingerprint density at radius 3 is 2.85 bits per heavy atom. The highest BCUT2D eigenvalue weighted by Gasteiger charge is 2.16. The van der Waals surface area contributed by atoms with E-state index in [1.165, 1.54) is 12.1 Å². The number of hydrogen-bond acceptors (Lipinski definition) is 3. The van der Waals surface area contributed by atoms with E-state index in [1.807, 2.05) is 24.4 Å². The number of aromatic carboxylic acids is 1. The predicted molar refractivity (Wildman–Crippen MR) is 77.7 cm³/mol. The van der Waals surface area contributed by atoms with Crippen LogP contribution >= 0.6 is 11.3 Å². The number of aromatic amines is 1. The van der Waals surface area contributed by atoms with Crippen molar-refractivity contribution in [1.82, 2.24) is 9.55 Å². The van der Waals surface area contributed by atoms with Gasteiger partial charge in [-0.05, 0) is 36.6 Å². The molecule has 102 valence electrons. The molecule has 1 unspecified atom stereocenters. The smallest absolute Gasteiger partial charge is 0.335 e. The number of fused-ring (bicyclic) bond motifs is 1. The third-order valence-electron chi connectivity index (χ3n) is 3.31. The minimum absolute atomic E-state index is 0.0908. The van der Waals surface area contributed by atoms with Gasteiger partial charge in [0, 0.05) is 4.88 Å². The number of rotatable bonds is 3. The van der Waals surface area contributed by atoms with Crippen LogP contribution in [-0.4, -0.2) is 20.6 Å². The first-order valence-corrected chi connectivity index (χ1v) is 6.97. The zero-order chi connectivity index (χ0) is 14.3. The maximum Gasteiger partial charge on any atom is 0.335 e. The quantitative estimate of drug-likeness (QED) is 0.778. The molecular weight excluding hydrogens is 276 g/mol. The van der Waals surface area contributed by atoms with Crippen molar-refractivity contribution in [2.24, 2.45) is 0 Å². The van der Waals surface area contributed by atoms with Gasteiger partial charge in [0.1, 0.15) is 0 Å². The number of H-pyrrole nitrogens is 1. The van der Waals surface area contributed by atoms with Gasteiger partial charge in [0.25, 0.3) is 0 Å². The summed E-state index contributed by atoms with van der Waals surface area (Å²) in [6, 6.07) is 8.49. The van der Waals surface area contributed by atoms with Crippen LogP contribution < -0.4 is 5.69 Å². The molecular formula is C14H12N2O3S. The lowest BCUT2D eigenvalue weighted by atomic mass is 10.2. The molecule has 1 atom stereocenters. The van der Waals surface area contributed by atoms with Crippen molar-refractivity contribution >= 4 is 28.3 Å². The van der Waals surface area contributed by atoms with Crippen LogP contribution in [0.25, 0.3) is 11.0 Å². The molecule has 3 aromatic rings. The van der Waals surface area contributed by atoms with Crippen LogP contribution in [0.2, 0.25) is 0 Å². The summed E-state index contributed by atoms with van der Waals surface area (Å²) in [4.78, 5) is 26.9. The van der Waals surface area contributed by atoms with E-state index < -0.39 is 5.97 Å². The van der Waals surface area contributed by atoms with Gasteiger partial charge in [-0.1, -0.05) is 6.07 Å². The molecule has 0 fully saturated rings. The summed E-state index contributed by atoms with van der Waals surface area (Å²) in [6.45, 7) is 1.95. The molecule has 6 heteroatoms. The molecule has 0 radical (unpaired) electrons. The van der Waals surface area contributed by atoms with Crippen LogP contribution in [0.3, 0.4) is 0 Å². The molecule has 5 nitrogen and oxygen atoms in total. The lowest BCUT2D eigenvalue weighted by Gasteiger charge is -2.11. The fourth-order valence-electron chi connectivity index (χ4n) is 2.30. The Labute approximate surface area is 118 Å². The first-order chi connectivity index (χ1) is 9.58. The molecule has 0 aliphatic heterocycles. The monoisotopic (exact) mass is 288 g/mol. The first kappa shape index (κ1) is 12.7. The minimum atomic E-state index is -1.01. The molecule has 2 aromatic heterocycles. The zero-order valence-electron chi connectivity index (χ0n) is 10.7. The lowest BCUT2D eigenvalue weighted by molar-refractivity contribution is 0.0697. The fourth-order valence-corrected chi connectivity index (χ4v) is 3.08. The Morgan fingerprint density at radius 2 is 2.20 bits per heavy atom. The van der Waals surface area contributed by atoms with Crippen LogP contribution in [0.4, 0.5) is 0 Å². The summed E-state index contributed by atoms with van der Waals surface area (Å²) in [6.07, 6.45) is 0. The second-order valence-electron chi connectivity index (χ2n) is 4.53. The third kappa shape index (κ3) is 1.94.